The number of nitrogens with two attached hydrogens (primary N) is 1. The SMILES string of the molecule is CC(C)c1ccc(N2CCC3(CC2)COCC3N)nc1. The molecule has 2 N–H and O–H groups in total. The Balaban J connectivity index is 1.66. The first kappa shape index (κ1) is 13.8. The number of hydrogen-bond donors (Lipinski definition) is 1. The van der Waals surface area contributed by atoms with E-state index in [4.69, 9.17) is 10.5 Å². The van der Waals surface area contributed by atoms with Crippen molar-refractivity contribution in [3.8, 4) is 0 Å². The van der Waals surface area contributed by atoms with Gasteiger partial charge in [-0.15, -0.1) is 0 Å². The van der Waals surface area contributed by atoms with Crippen molar-refractivity contribution in [2.75, 3.05) is 31.2 Å². The fraction of sp³-hybridized carbons (Fsp3) is 0.688. The molecule has 4 nitrogen and oxygen atoms in total. The fourth-order valence-corrected chi connectivity index (χ4v) is 3.30. The minimum atomic E-state index is 0.209. The Kier molecular flexibility index (Phi) is 3.69. The second kappa shape index (κ2) is 5.34. The highest BCUT2D eigenvalue weighted by atomic mass is 16.5. The molecule has 1 aromatic rings. The van der Waals surface area contributed by atoms with Gasteiger partial charge in [0, 0.05) is 30.7 Å². The molecule has 2 aliphatic rings. The third-order valence-corrected chi connectivity index (χ3v) is 4.99. The van der Waals surface area contributed by atoms with Crippen LogP contribution in [0.5, 0.6) is 0 Å². The molecule has 2 saturated heterocycles. The Morgan fingerprint density at radius 2 is 2.10 bits per heavy atom. The average molecular weight is 275 g/mol. The van der Waals surface area contributed by atoms with Crippen LogP contribution in [0.25, 0.3) is 0 Å². The molecule has 3 heterocycles. The molecule has 4 heteroatoms. The number of pyridine rings is 1. The predicted octanol–water partition coefficient (Wildman–Crippen LogP) is 2.15. The molecule has 0 bridgehead atoms. The van der Waals surface area contributed by atoms with Crippen molar-refractivity contribution in [2.24, 2.45) is 11.1 Å². The average Bonchev–Trinajstić information content (AvgIpc) is 2.81. The second-order valence-electron chi connectivity index (χ2n) is 6.58. The van der Waals surface area contributed by atoms with Crippen LogP contribution < -0.4 is 10.6 Å². The van der Waals surface area contributed by atoms with Gasteiger partial charge >= 0.3 is 0 Å². The molecule has 1 spiro atoms. The van der Waals surface area contributed by atoms with Crippen LogP contribution in [0.4, 0.5) is 5.82 Å². The summed E-state index contributed by atoms with van der Waals surface area (Å²) in [5.74, 6) is 1.63. The van der Waals surface area contributed by atoms with E-state index < -0.39 is 0 Å². The molecular weight excluding hydrogens is 250 g/mol. The van der Waals surface area contributed by atoms with E-state index in [0.717, 1.165) is 45.0 Å². The van der Waals surface area contributed by atoms with Gasteiger partial charge in [0.2, 0.25) is 0 Å². The quantitative estimate of drug-likeness (QED) is 0.898. The Labute approximate surface area is 121 Å². The summed E-state index contributed by atoms with van der Waals surface area (Å²) in [6, 6.07) is 4.56. The maximum atomic E-state index is 6.22. The van der Waals surface area contributed by atoms with E-state index in [-0.39, 0.29) is 11.5 Å². The van der Waals surface area contributed by atoms with Gasteiger partial charge in [-0.3, -0.25) is 0 Å². The monoisotopic (exact) mass is 275 g/mol. The summed E-state index contributed by atoms with van der Waals surface area (Å²) in [5.41, 5.74) is 7.74. The smallest absolute Gasteiger partial charge is 0.128 e. The van der Waals surface area contributed by atoms with Crippen molar-refractivity contribution >= 4 is 5.82 Å². The summed E-state index contributed by atoms with van der Waals surface area (Å²) in [5, 5.41) is 0. The first-order valence-electron chi connectivity index (χ1n) is 7.65. The summed E-state index contributed by atoms with van der Waals surface area (Å²) in [7, 11) is 0. The molecule has 2 fully saturated rings. The van der Waals surface area contributed by atoms with Gasteiger partial charge in [0.1, 0.15) is 5.82 Å². The summed E-state index contributed by atoms with van der Waals surface area (Å²) < 4.78 is 5.57. The first-order chi connectivity index (χ1) is 9.61. The largest absolute Gasteiger partial charge is 0.379 e. The lowest BCUT2D eigenvalue weighted by atomic mass is 9.75. The molecule has 0 aliphatic carbocycles. The van der Waals surface area contributed by atoms with Gasteiger partial charge < -0.3 is 15.4 Å². The van der Waals surface area contributed by atoms with Crippen molar-refractivity contribution in [2.45, 2.75) is 38.6 Å². The van der Waals surface area contributed by atoms with Gasteiger partial charge in [-0.25, -0.2) is 4.98 Å². The highest BCUT2D eigenvalue weighted by Gasteiger charge is 2.44. The summed E-state index contributed by atoms with van der Waals surface area (Å²) in [4.78, 5) is 7.00. The van der Waals surface area contributed by atoms with Crippen LogP contribution in [-0.4, -0.2) is 37.3 Å². The number of anilines is 1. The summed E-state index contributed by atoms with van der Waals surface area (Å²) >= 11 is 0. The lowest BCUT2D eigenvalue weighted by Gasteiger charge is -2.41. The van der Waals surface area contributed by atoms with Crippen molar-refractivity contribution in [3.63, 3.8) is 0 Å². The number of ether oxygens (including phenoxy) is 1. The molecule has 110 valence electrons. The molecular formula is C16H25N3O. The lowest BCUT2D eigenvalue weighted by molar-refractivity contribution is 0.131. The van der Waals surface area contributed by atoms with Crippen molar-refractivity contribution in [3.05, 3.63) is 23.9 Å². The molecule has 20 heavy (non-hydrogen) atoms. The Morgan fingerprint density at radius 1 is 1.35 bits per heavy atom. The molecule has 3 rings (SSSR count). The van der Waals surface area contributed by atoms with Crippen LogP contribution in [0.1, 0.15) is 38.2 Å². The van der Waals surface area contributed by atoms with E-state index in [2.05, 4.69) is 35.9 Å². The third-order valence-electron chi connectivity index (χ3n) is 4.99. The zero-order valence-electron chi connectivity index (χ0n) is 12.5. The molecule has 1 atom stereocenters. The topological polar surface area (TPSA) is 51.4 Å². The molecule has 1 aromatic heterocycles. The molecule has 0 amide bonds. The van der Waals surface area contributed by atoms with Crippen molar-refractivity contribution < 1.29 is 4.74 Å². The van der Waals surface area contributed by atoms with Crippen LogP contribution in [0.2, 0.25) is 0 Å². The molecule has 2 aliphatic heterocycles. The fourth-order valence-electron chi connectivity index (χ4n) is 3.30. The van der Waals surface area contributed by atoms with E-state index >= 15 is 0 Å². The van der Waals surface area contributed by atoms with Gasteiger partial charge in [0.25, 0.3) is 0 Å². The number of aromatic nitrogens is 1. The highest BCUT2D eigenvalue weighted by Crippen LogP contribution is 2.39. The van der Waals surface area contributed by atoms with Crippen LogP contribution in [0.3, 0.4) is 0 Å². The van der Waals surface area contributed by atoms with E-state index in [1.165, 1.54) is 5.56 Å². The first-order valence-corrected chi connectivity index (χ1v) is 7.65. The maximum absolute atomic E-state index is 6.22. The molecule has 0 aromatic carbocycles. The zero-order chi connectivity index (χ0) is 14.2. The van der Waals surface area contributed by atoms with Crippen molar-refractivity contribution in [1.82, 2.24) is 4.98 Å². The minimum Gasteiger partial charge on any atom is -0.379 e. The van der Waals surface area contributed by atoms with E-state index in [1.807, 2.05) is 6.20 Å². The summed E-state index contributed by atoms with van der Waals surface area (Å²) in [6.45, 7) is 8.02. The van der Waals surface area contributed by atoms with E-state index in [9.17, 15) is 0 Å². The Morgan fingerprint density at radius 3 is 2.60 bits per heavy atom. The second-order valence-corrected chi connectivity index (χ2v) is 6.58. The number of hydrogen-bond acceptors (Lipinski definition) is 4. The Bertz CT molecular complexity index is 449. The minimum absolute atomic E-state index is 0.209. The van der Waals surface area contributed by atoms with Crippen LogP contribution in [-0.2, 0) is 4.74 Å². The number of nitrogens with zero attached hydrogens (tertiary/aromatic N) is 2. The van der Waals surface area contributed by atoms with Gasteiger partial charge in [-0.2, -0.15) is 0 Å². The van der Waals surface area contributed by atoms with Crippen molar-refractivity contribution in [1.29, 1.82) is 0 Å². The van der Waals surface area contributed by atoms with Crippen LogP contribution in [0, 0.1) is 5.41 Å². The van der Waals surface area contributed by atoms with Crippen LogP contribution in [0.15, 0.2) is 18.3 Å². The van der Waals surface area contributed by atoms with E-state index in [1.54, 1.807) is 0 Å². The lowest BCUT2D eigenvalue weighted by Crippen LogP contribution is -2.49. The van der Waals surface area contributed by atoms with Gasteiger partial charge in [0.05, 0.1) is 13.2 Å². The van der Waals surface area contributed by atoms with Gasteiger partial charge in [0.15, 0.2) is 0 Å². The number of rotatable bonds is 2. The zero-order valence-corrected chi connectivity index (χ0v) is 12.5. The maximum Gasteiger partial charge on any atom is 0.128 e. The summed E-state index contributed by atoms with van der Waals surface area (Å²) in [6.07, 6.45) is 4.23. The Hall–Kier alpha value is -1.13. The molecule has 1 unspecified atom stereocenters. The van der Waals surface area contributed by atoms with E-state index in [0.29, 0.717) is 5.92 Å². The standard InChI is InChI=1S/C16H25N3O/c1-12(2)13-3-4-15(18-9-13)19-7-5-16(6-8-19)11-20-10-14(16)17/h3-4,9,12,14H,5-8,10-11,17H2,1-2H3. The predicted molar refractivity (Wildman–Crippen MR) is 81.0 cm³/mol. The normalized spacial score (nSPS) is 25.6. The molecule has 0 radical (unpaired) electrons. The molecule has 0 saturated carbocycles. The van der Waals surface area contributed by atoms with Crippen LogP contribution >= 0.6 is 0 Å². The number of piperidine rings is 1. The van der Waals surface area contributed by atoms with Gasteiger partial charge in [-0.05, 0) is 30.4 Å². The third kappa shape index (κ3) is 2.42. The van der Waals surface area contributed by atoms with Gasteiger partial charge in [-0.1, -0.05) is 19.9 Å². The highest BCUT2D eigenvalue weighted by molar-refractivity contribution is 5.40.